The summed E-state index contributed by atoms with van der Waals surface area (Å²) in [6.45, 7) is 2.62. The number of aromatic nitrogens is 3. The maximum absolute atomic E-state index is 13.4. The van der Waals surface area contributed by atoms with E-state index in [2.05, 4.69) is 31.2 Å². The van der Waals surface area contributed by atoms with Gasteiger partial charge in [0.1, 0.15) is 23.4 Å². The standard InChI is InChI=1S/C21H25FN4O2S/c1-15(25(2)3)20-23-24-21(26(20)17-7-5-16(22)6-8-17)29-14-13-28-19-11-9-18(27-4)10-12-19/h5-12,15H,13-14H2,1-4H3/p+1/t15-/m0/s1. The molecule has 0 aliphatic rings. The van der Waals surface area contributed by atoms with Crippen molar-refractivity contribution in [3.05, 3.63) is 60.2 Å². The van der Waals surface area contributed by atoms with Crippen molar-refractivity contribution >= 4 is 11.8 Å². The highest BCUT2D eigenvalue weighted by Crippen LogP contribution is 2.25. The van der Waals surface area contributed by atoms with Crippen molar-refractivity contribution in [3.63, 3.8) is 0 Å². The van der Waals surface area contributed by atoms with Crippen molar-refractivity contribution in [1.29, 1.82) is 0 Å². The molecule has 8 heteroatoms. The first kappa shape index (κ1) is 21.1. The van der Waals surface area contributed by atoms with Gasteiger partial charge in [-0.3, -0.25) is 4.57 Å². The van der Waals surface area contributed by atoms with E-state index in [1.807, 2.05) is 28.8 Å². The van der Waals surface area contributed by atoms with E-state index in [-0.39, 0.29) is 11.9 Å². The van der Waals surface area contributed by atoms with E-state index in [0.29, 0.717) is 12.4 Å². The second kappa shape index (κ2) is 9.76. The first-order chi connectivity index (χ1) is 14.0. The number of quaternary nitrogens is 1. The molecule has 29 heavy (non-hydrogen) atoms. The summed E-state index contributed by atoms with van der Waals surface area (Å²) in [6, 6.07) is 14.0. The molecule has 0 saturated heterocycles. The number of nitrogens with zero attached hydrogens (tertiary/aromatic N) is 3. The second-order valence-corrected chi connectivity index (χ2v) is 7.89. The predicted molar refractivity (Wildman–Crippen MR) is 112 cm³/mol. The molecule has 0 bridgehead atoms. The fourth-order valence-electron chi connectivity index (χ4n) is 2.71. The zero-order valence-electron chi connectivity index (χ0n) is 17.1. The molecule has 1 aromatic heterocycles. The molecule has 1 N–H and O–H groups in total. The molecule has 0 unspecified atom stereocenters. The summed E-state index contributed by atoms with van der Waals surface area (Å²) in [5, 5.41) is 9.56. The fraction of sp³-hybridized carbons (Fsp3) is 0.333. The smallest absolute Gasteiger partial charge is 0.196 e. The minimum atomic E-state index is -0.267. The lowest BCUT2D eigenvalue weighted by atomic mass is 10.2. The number of methoxy groups -OCH3 is 1. The van der Waals surface area contributed by atoms with Crippen molar-refractivity contribution in [2.45, 2.75) is 18.1 Å². The lowest BCUT2D eigenvalue weighted by Crippen LogP contribution is -3.05. The largest absolute Gasteiger partial charge is 0.497 e. The first-order valence-corrected chi connectivity index (χ1v) is 10.4. The van der Waals surface area contributed by atoms with Gasteiger partial charge in [0.2, 0.25) is 0 Å². The highest BCUT2D eigenvalue weighted by atomic mass is 32.2. The van der Waals surface area contributed by atoms with Crippen LogP contribution in [0.25, 0.3) is 5.69 Å². The summed E-state index contributed by atoms with van der Waals surface area (Å²) >= 11 is 1.56. The highest BCUT2D eigenvalue weighted by molar-refractivity contribution is 7.99. The van der Waals surface area contributed by atoms with Gasteiger partial charge in [-0.15, -0.1) is 10.2 Å². The van der Waals surface area contributed by atoms with E-state index >= 15 is 0 Å². The normalized spacial score (nSPS) is 12.2. The zero-order chi connectivity index (χ0) is 20.8. The molecule has 0 saturated carbocycles. The molecule has 0 aliphatic heterocycles. The molecule has 1 atom stereocenters. The van der Waals surface area contributed by atoms with Gasteiger partial charge in [0.15, 0.2) is 11.0 Å². The van der Waals surface area contributed by atoms with Crippen molar-refractivity contribution in [3.8, 4) is 17.2 Å². The summed E-state index contributed by atoms with van der Waals surface area (Å²) in [6.07, 6.45) is 0. The molecule has 154 valence electrons. The Hall–Kier alpha value is -2.58. The average molecular weight is 418 g/mol. The molecule has 0 spiro atoms. The highest BCUT2D eigenvalue weighted by Gasteiger charge is 2.23. The van der Waals surface area contributed by atoms with Crippen LogP contribution in [0.3, 0.4) is 0 Å². The van der Waals surface area contributed by atoms with Crippen LogP contribution in [0, 0.1) is 5.82 Å². The van der Waals surface area contributed by atoms with Gasteiger partial charge in [-0.1, -0.05) is 11.8 Å². The van der Waals surface area contributed by atoms with Crippen LogP contribution >= 0.6 is 11.8 Å². The van der Waals surface area contributed by atoms with E-state index < -0.39 is 0 Å². The lowest BCUT2D eigenvalue weighted by molar-refractivity contribution is -0.890. The Morgan fingerprint density at radius 2 is 1.69 bits per heavy atom. The van der Waals surface area contributed by atoms with Crippen molar-refractivity contribution in [2.75, 3.05) is 33.6 Å². The molecule has 3 aromatic rings. The molecule has 1 heterocycles. The van der Waals surface area contributed by atoms with E-state index in [9.17, 15) is 4.39 Å². The predicted octanol–water partition coefficient (Wildman–Crippen LogP) is 2.79. The van der Waals surface area contributed by atoms with Gasteiger partial charge in [0, 0.05) is 11.4 Å². The number of nitrogens with one attached hydrogen (secondary N) is 1. The molecule has 0 radical (unpaired) electrons. The minimum absolute atomic E-state index is 0.137. The third kappa shape index (κ3) is 5.27. The molecule has 3 rings (SSSR count). The van der Waals surface area contributed by atoms with Gasteiger partial charge in [-0.2, -0.15) is 0 Å². The summed E-state index contributed by atoms with van der Waals surface area (Å²) in [5.41, 5.74) is 0.845. The summed E-state index contributed by atoms with van der Waals surface area (Å²) in [4.78, 5) is 1.24. The summed E-state index contributed by atoms with van der Waals surface area (Å²) < 4.78 is 26.3. The van der Waals surface area contributed by atoms with Crippen molar-refractivity contribution < 1.29 is 18.8 Å². The number of benzene rings is 2. The van der Waals surface area contributed by atoms with Crippen LogP contribution in [0.4, 0.5) is 4.39 Å². The van der Waals surface area contributed by atoms with Gasteiger partial charge in [0.25, 0.3) is 0 Å². The van der Waals surface area contributed by atoms with Crippen molar-refractivity contribution in [2.24, 2.45) is 0 Å². The molecular weight excluding hydrogens is 391 g/mol. The van der Waals surface area contributed by atoms with Crippen LogP contribution < -0.4 is 14.4 Å². The Morgan fingerprint density at radius 3 is 2.31 bits per heavy atom. The van der Waals surface area contributed by atoms with Gasteiger partial charge >= 0.3 is 0 Å². The van der Waals surface area contributed by atoms with E-state index in [1.165, 1.54) is 17.0 Å². The Morgan fingerprint density at radius 1 is 1.03 bits per heavy atom. The van der Waals surface area contributed by atoms with E-state index in [4.69, 9.17) is 9.47 Å². The number of thioether (sulfide) groups is 1. The average Bonchev–Trinajstić information content (AvgIpc) is 3.15. The van der Waals surface area contributed by atoms with Crippen LogP contribution in [0.15, 0.2) is 53.7 Å². The Balaban J connectivity index is 1.71. The third-order valence-electron chi connectivity index (χ3n) is 4.64. The first-order valence-electron chi connectivity index (χ1n) is 9.40. The second-order valence-electron chi connectivity index (χ2n) is 6.82. The molecule has 0 fully saturated rings. The third-order valence-corrected chi connectivity index (χ3v) is 5.53. The van der Waals surface area contributed by atoms with Crippen LogP contribution in [-0.2, 0) is 0 Å². The molecular formula is C21H26FN4O2S+. The summed E-state index contributed by atoms with van der Waals surface area (Å²) in [7, 11) is 5.78. The number of hydrogen-bond acceptors (Lipinski definition) is 5. The Bertz CT molecular complexity index is 913. The monoisotopic (exact) mass is 417 g/mol. The maximum atomic E-state index is 13.4. The van der Waals surface area contributed by atoms with Crippen LogP contribution in [-0.4, -0.2) is 48.3 Å². The van der Waals surface area contributed by atoms with Crippen molar-refractivity contribution in [1.82, 2.24) is 14.8 Å². The van der Waals surface area contributed by atoms with E-state index in [1.54, 1.807) is 31.0 Å². The molecule has 0 amide bonds. The Kier molecular flexibility index (Phi) is 7.11. The Labute approximate surface area is 174 Å². The van der Waals surface area contributed by atoms with Gasteiger partial charge < -0.3 is 14.4 Å². The molecule has 6 nitrogen and oxygen atoms in total. The SMILES string of the molecule is COc1ccc(OCCSc2nnc([C@H](C)[NH+](C)C)n2-c2ccc(F)cc2)cc1. The topological polar surface area (TPSA) is 53.6 Å². The summed E-state index contributed by atoms with van der Waals surface area (Å²) in [5.74, 6) is 2.86. The number of rotatable bonds is 9. The quantitative estimate of drug-likeness (QED) is 0.429. The maximum Gasteiger partial charge on any atom is 0.196 e. The molecule has 0 aliphatic carbocycles. The minimum Gasteiger partial charge on any atom is -0.497 e. The number of ether oxygens (including phenoxy) is 2. The van der Waals surface area contributed by atoms with Crippen LogP contribution in [0.5, 0.6) is 11.5 Å². The van der Waals surface area contributed by atoms with Gasteiger partial charge in [-0.05, 0) is 55.5 Å². The fourth-order valence-corrected chi connectivity index (χ4v) is 3.49. The van der Waals surface area contributed by atoms with Crippen LogP contribution in [0.2, 0.25) is 0 Å². The van der Waals surface area contributed by atoms with Gasteiger partial charge in [-0.25, -0.2) is 4.39 Å². The lowest BCUT2D eigenvalue weighted by Gasteiger charge is -2.18. The van der Waals surface area contributed by atoms with E-state index in [0.717, 1.165) is 28.2 Å². The number of hydrogen-bond donors (Lipinski definition) is 1. The van der Waals surface area contributed by atoms with Crippen LogP contribution in [0.1, 0.15) is 18.8 Å². The molecule has 2 aromatic carbocycles. The van der Waals surface area contributed by atoms with Gasteiger partial charge in [0.05, 0.1) is 27.8 Å². The zero-order valence-corrected chi connectivity index (χ0v) is 17.9. The number of halogens is 1.